The summed E-state index contributed by atoms with van der Waals surface area (Å²) in [6, 6.07) is 0.657. The Labute approximate surface area is 108 Å². The summed E-state index contributed by atoms with van der Waals surface area (Å²) >= 11 is 0. The van der Waals surface area contributed by atoms with Crippen LogP contribution in [0.2, 0.25) is 0 Å². The molecule has 1 saturated heterocycles. The third-order valence-corrected chi connectivity index (χ3v) is 3.88. The van der Waals surface area contributed by atoms with Gasteiger partial charge in [0.1, 0.15) is 0 Å². The van der Waals surface area contributed by atoms with E-state index >= 15 is 0 Å². The molecule has 1 aliphatic rings. The highest BCUT2D eigenvalue weighted by Gasteiger charge is 2.15. The highest BCUT2D eigenvalue weighted by Crippen LogP contribution is 2.13. The van der Waals surface area contributed by atoms with Gasteiger partial charge in [-0.2, -0.15) is 0 Å². The predicted molar refractivity (Wildman–Crippen MR) is 76.4 cm³/mol. The fraction of sp³-hybridized carbons (Fsp3) is 1.00. The molecule has 0 amide bonds. The van der Waals surface area contributed by atoms with Gasteiger partial charge in [0, 0.05) is 12.6 Å². The van der Waals surface area contributed by atoms with Gasteiger partial charge in [-0.25, -0.2) is 0 Å². The second-order valence-electron chi connectivity index (χ2n) is 5.76. The van der Waals surface area contributed by atoms with Gasteiger partial charge in [0.2, 0.25) is 0 Å². The molecule has 1 rings (SSSR count). The zero-order valence-electron chi connectivity index (χ0n) is 12.2. The van der Waals surface area contributed by atoms with Gasteiger partial charge in [0.15, 0.2) is 0 Å². The van der Waals surface area contributed by atoms with Crippen molar-refractivity contribution in [1.29, 1.82) is 0 Å². The lowest BCUT2D eigenvalue weighted by molar-refractivity contribution is 0.286. The quantitative estimate of drug-likeness (QED) is 0.665. The molecule has 0 bridgehead atoms. The molecule has 1 N–H and O–H groups in total. The molecule has 1 atom stereocenters. The van der Waals surface area contributed by atoms with Gasteiger partial charge in [0.25, 0.3) is 0 Å². The molecule has 17 heavy (non-hydrogen) atoms. The van der Waals surface area contributed by atoms with Crippen LogP contribution in [0.25, 0.3) is 0 Å². The van der Waals surface area contributed by atoms with E-state index in [1.54, 1.807) is 0 Å². The van der Waals surface area contributed by atoms with Crippen LogP contribution in [0.1, 0.15) is 59.3 Å². The first-order valence-electron chi connectivity index (χ1n) is 7.72. The molecule has 102 valence electrons. The second kappa shape index (κ2) is 8.93. The van der Waals surface area contributed by atoms with Crippen LogP contribution in [0.3, 0.4) is 0 Å². The summed E-state index contributed by atoms with van der Waals surface area (Å²) < 4.78 is 0. The summed E-state index contributed by atoms with van der Waals surface area (Å²) in [5, 5.41) is 3.74. The number of nitrogens with one attached hydrogen (secondary N) is 1. The van der Waals surface area contributed by atoms with Gasteiger partial charge in [-0.1, -0.05) is 26.7 Å². The minimum atomic E-state index is 0.657. The van der Waals surface area contributed by atoms with Crippen molar-refractivity contribution >= 4 is 0 Å². The van der Waals surface area contributed by atoms with Crippen molar-refractivity contribution in [1.82, 2.24) is 10.2 Å². The maximum Gasteiger partial charge on any atom is 0.0166 e. The Morgan fingerprint density at radius 1 is 1.06 bits per heavy atom. The van der Waals surface area contributed by atoms with Crippen molar-refractivity contribution < 1.29 is 0 Å². The fourth-order valence-electron chi connectivity index (χ4n) is 2.95. The first-order chi connectivity index (χ1) is 8.26. The third kappa shape index (κ3) is 6.42. The Morgan fingerprint density at radius 3 is 2.18 bits per heavy atom. The van der Waals surface area contributed by atoms with E-state index in [1.165, 1.54) is 64.7 Å². The van der Waals surface area contributed by atoms with Crippen LogP contribution in [-0.2, 0) is 0 Å². The summed E-state index contributed by atoms with van der Waals surface area (Å²) in [6.07, 6.45) is 8.23. The van der Waals surface area contributed by atoms with Gasteiger partial charge in [0.05, 0.1) is 0 Å². The van der Waals surface area contributed by atoms with Crippen molar-refractivity contribution in [3.63, 3.8) is 0 Å². The summed E-state index contributed by atoms with van der Waals surface area (Å²) in [6.45, 7) is 12.0. The Kier molecular flexibility index (Phi) is 7.87. The fourth-order valence-corrected chi connectivity index (χ4v) is 2.95. The lowest BCUT2D eigenvalue weighted by Crippen LogP contribution is -2.40. The zero-order chi connectivity index (χ0) is 12.5. The van der Waals surface area contributed by atoms with Crippen LogP contribution in [0.5, 0.6) is 0 Å². The average Bonchev–Trinajstić information content (AvgIpc) is 2.79. The van der Waals surface area contributed by atoms with Gasteiger partial charge in [-0.05, 0) is 58.2 Å². The molecule has 0 saturated carbocycles. The van der Waals surface area contributed by atoms with Crippen molar-refractivity contribution in [2.75, 3.05) is 26.2 Å². The Hall–Kier alpha value is -0.0800. The van der Waals surface area contributed by atoms with E-state index in [0.717, 1.165) is 5.92 Å². The molecule has 0 radical (unpaired) electrons. The number of likely N-dealkylation sites (tertiary alicyclic amines) is 1. The molecule has 0 aromatic carbocycles. The highest BCUT2D eigenvalue weighted by atomic mass is 15.2. The number of rotatable bonds is 9. The number of hydrogen-bond donors (Lipinski definition) is 1. The maximum atomic E-state index is 3.74. The molecule has 2 nitrogen and oxygen atoms in total. The Bertz CT molecular complexity index is 170. The van der Waals surface area contributed by atoms with Gasteiger partial charge < -0.3 is 10.2 Å². The summed E-state index contributed by atoms with van der Waals surface area (Å²) in [4.78, 5) is 2.60. The first kappa shape index (κ1) is 15.0. The number of hydrogen-bond acceptors (Lipinski definition) is 2. The summed E-state index contributed by atoms with van der Waals surface area (Å²) in [5.41, 5.74) is 0. The molecule has 2 heteroatoms. The van der Waals surface area contributed by atoms with E-state index in [1.807, 2.05) is 0 Å². The lowest BCUT2D eigenvalue weighted by atomic mass is 9.98. The number of nitrogens with zero attached hydrogens (tertiary/aromatic N) is 1. The van der Waals surface area contributed by atoms with E-state index in [0.29, 0.717) is 6.04 Å². The minimum absolute atomic E-state index is 0.657. The monoisotopic (exact) mass is 240 g/mol. The third-order valence-electron chi connectivity index (χ3n) is 3.88. The van der Waals surface area contributed by atoms with Gasteiger partial charge >= 0.3 is 0 Å². The van der Waals surface area contributed by atoms with Crippen LogP contribution in [-0.4, -0.2) is 37.1 Å². The zero-order valence-corrected chi connectivity index (χ0v) is 12.2. The molecule has 0 aliphatic carbocycles. The Morgan fingerprint density at radius 2 is 1.65 bits per heavy atom. The maximum absolute atomic E-state index is 3.74. The van der Waals surface area contributed by atoms with Gasteiger partial charge in [-0.3, -0.25) is 0 Å². The van der Waals surface area contributed by atoms with Crippen molar-refractivity contribution in [2.45, 2.75) is 65.3 Å². The highest BCUT2D eigenvalue weighted by molar-refractivity contribution is 4.73. The van der Waals surface area contributed by atoms with Crippen LogP contribution in [0, 0.1) is 5.92 Å². The molecular formula is C15H32N2. The molecule has 1 aliphatic heterocycles. The summed E-state index contributed by atoms with van der Waals surface area (Å²) in [7, 11) is 0. The van der Waals surface area contributed by atoms with E-state index < -0.39 is 0 Å². The standard InChI is InChI=1S/C15H32N2/c1-4-8-15(9-5-2)12-16-14(3)13-17-10-6-7-11-17/h14-16H,4-13H2,1-3H3. The largest absolute Gasteiger partial charge is 0.313 e. The Balaban J connectivity index is 2.13. The molecule has 0 aromatic heterocycles. The van der Waals surface area contributed by atoms with Crippen LogP contribution in [0.4, 0.5) is 0 Å². The van der Waals surface area contributed by atoms with Gasteiger partial charge in [-0.15, -0.1) is 0 Å². The second-order valence-corrected chi connectivity index (χ2v) is 5.76. The SMILES string of the molecule is CCCC(CCC)CNC(C)CN1CCCC1. The van der Waals surface area contributed by atoms with Crippen molar-refractivity contribution in [2.24, 2.45) is 5.92 Å². The molecule has 1 unspecified atom stereocenters. The molecular weight excluding hydrogens is 208 g/mol. The van der Waals surface area contributed by atoms with E-state index in [9.17, 15) is 0 Å². The van der Waals surface area contributed by atoms with Crippen LogP contribution in [0.15, 0.2) is 0 Å². The smallest absolute Gasteiger partial charge is 0.0166 e. The van der Waals surface area contributed by atoms with Crippen LogP contribution >= 0.6 is 0 Å². The van der Waals surface area contributed by atoms with E-state index in [2.05, 4.69) is 31.0 Å². The molecule has 1 heterocycles. The minimum Gasteiger partial charge on any atom is -0.313 e. The predicted octanol–water partition coefficient (Wildman–Crippen LogP) is 3.28. The molecule has 0 aromatic rings. The lowest BCUT2D eigenvalue weighted by Gasteiger charge is -2.24. The first-order valence-corrected chi connectivity index (χ1v) is 7.72. The van der Waals surface area contributed by atoms with E-state index in [4.69, 9.17) is 0 Å². The van der Waals surface area contributed by atoms with Crippen molar-refractivity contribution in [3.05, 3.63) is 0 Å². The van der Waals surface area contributed by atoms with E-state index in [-0.39, 0.29) is 0 Å². The topological polar surface area (TPSA) is 15.3 Å². The van der Waals surface area contributed by atoms with Crippen molar-refractivity contribution in [3.8, 4) is 0 Å². The summed E-state index contributed by atoms with van der Waals surface area (Å²) in [5.74, 6) is 0.894. The molecule has 0 spiro atoms. The average molecular weight is 240 g/mol. The normalized spacial score (nSPS) is 19.1. The molecule has 1 fully saturated rings. The van der Waals surface area contributed by atoms with Crippen LogP contribution < -0.4 is 5.32 Å².